The van der Waals surface area contributed by atoms with Crippen molar-refractivity contribution in [3.8, 4) is 0 Å². The summed E-state index contributed by atoms with van der Waals surface area (Å²) >= 11 is 0. The van der Waals surface area contributed by atoms with E-state index in [4.69, 9.17) is 0 Å². The van der Waals surface area contributed by atoms with Gasteiger partial charge in [-0.3, -0.25) is 4.79 Å². The van der Waals surface area contributed by atoms with Crippen molar-refractivity contribution in [3.63, 3.8) is 0 Å². The van der Waals surface area contributed by atoms with E-state index < -0.39 is 11.6 Å². The van der Waals surface area contributed by atoms with Crippen molar-refractivity contribution in [1.29, 1.82) is 0 Å². The number of halogens is 2. The molecular weight excluding hydrogens is 394 g/mol. The van der Waals surface area contributed by atoms with Crippen molar-refractivity contribution in [1.82, 2.24) is 9.80 Å². The molecule has 5 heteroatoms. The summed E-state index contributed by atoms with van der Waals surface area (Å²) in [4.78, 5) is 16.9. The van der Waals surface area contributed by atoms with Gasteiger partial charge in [-0.25, -0.2) is 8.78 Å². The number of hydrogen-bond acceptors (Lipinski definition) is 2. The third-order valence-electron chi connectivity index (χ3n) is 8.94. The van der Waals surface area contributed by atoms with Gasteiger partial charge in [-0.1, -0.05) is 6.07 Å². The molecule has 1 atom stereocenters. The van der Waals surface area contributed by atoms with Crippen LogP contribution in [0.15, 0.2) is 18.2 Å². The minimum absolute atomic E-state index is 0.0840. The summed E-state index contributed by atoms with van der Waals surface area (Å²) in [6, 6.07) is 4.03. The molecule has 0 spiro atoms. The van der Waals surface area contributed by atoms with E-state index in [0.29, 0.717) is 30.0 Å². The fraction of sp³-hybridized carbons (Fsp3) is 0.731. The number of hydrogen-bond donors (Lipinski definition) is 0. The van der Waals surface area contributed by atoms with Gasteiger partial charge >= 0.3 is 0 Å². The Morgan fingerprint density at radius 2 is 1.74 bits per heavy atom. The van der Waals surface area contributed by atoms with Crippen LogP contribution in [-0.2, 0) is 11.3 Å². The number of rotatable bonds is 6. The van der Waals surface area contributed by atoms with Crippen LogP contribution in [0.25, 0.3) is 0 Å². The second-order valence-electron chi connectivity index (χ2n) is 11.2. The first-order chi connectivity index (χ1) is 14.9. The highest BCUT2D eigenvalue weighted by atomic mass is 19.1. The lowest BCUT2D eigenvalue weighted by atomic mass is 9.49. The van der Waals surface area contributed by atoms with Crippen LogP contribution in [0, 0.1) is 34.8 Å². The van der Waals surface area contributed by atoms with Crippen molar-refractivity contribution in [2.24, 2.45) is 23.2 Å². The Morgan fingerprint density at radius 1 is 1.06 bits per heavy atom. The summed E-state index contributed by atoms with van der Waals surface area (Å²) in [5.41, 5.74) is 0.985. The van der Waals surface area contributed by atoms with Gasteiger partial charge in [0.2, 0.25) is 5.91 Å². The summed E-state index contributed by atoms with van der Waals surface area (Å²) in [5.74, 6) is 1.92. The fourth-order valence-corrected chi connectivity index (χ4v) is 7.68. The number of amides is 1. The Balaban J connectivity index is 1.16. The van der Waals surface area contributed by atoms with Gasteiger partial charge in [-0.15, -0.1) is 0 Å². The van der Waals surface area contributed by atoms with E-state index in [1.165, 1.54) is 57.1 Å². The molecule has 3 nitrogen and oxygen atoms in total. The van der Waals surface area contributed by atoms with Gasteiger partial charge in [0.15, 0.2) is 0 Å². The zero-order valence-corrected chi connectivity index (χ0v) is 18.8. The predicted molar refractivity (Wildman–Crippen MR) is 117 cm³/mol. The normalized spacial score (nSPS) is 35.1. The molecule has 0 aromatic heterocycles. The topological polar surface area (TPSA) is 23.6 Å². The largest absolute Gasteiger partial charge is 0.338 e. The van der Waals surface area contributed by atoms with Crippen LogP contribution in [-0.4, -0.2) is 41.9 Å². The lowest BCUT2D eigenvalue weighted by molar-refractivity contribution is -0.131. The average Bonchev–Trinajstić information content (AvgIpc) is 2.89. The lowest BCUT2D eigenvalue weighted by Crippen LogP contribution is -2.47. The molecule has 31 heavy (non-hydrogen) atoms. The first kappa shape index (κ1) is 21.4. The van der Waals surface area contributed by atoms with E-state index >= 15 is 0 Å². The molecule has 1 heterocycles. The molecule has 5 aliphatic rings. The third kappa shape index (κ3) is 4.53. The molecule has 170 valence electrons. The highest BCUT2D eigenvalue weighted by Gasteiger charge is 2.50. The Hall–Kier alpha value is -1.49. The summed E-state index contributed by atoms with van der Waals surface area (Å²) in [5, 5.41) is 0. The Labute approximate surface area is 185 Å². The molecule has 4 saturated carbocycles. The molecule has 0 radical (unpaired) electrons. The molecule has 4 aliphatic carbocycles. The second-order valence-corrected chi connectivity index (χ2v) is 11.2. The molecule has 1 aromatic rings. The van der Waals surface area contributed by atoms with Crippen LogP contribution < -0.4 is 0 Å². The van der Waals surface area contributed by atoms with Gasteiger partial charge in [-0.05, 0) is 101 Å². The molecule has 1 saturated heterocycles. The van der Waals surface area contributed by atoms with Crippen molar-refractivity contribution in [2.45, 2.75) is 76.8 Å². The standard InChI is InChI=1S/C26H36F2N2O/c1-29(9-7-26-14-18-10-19(15-26)12-20(11-18)16-26)23-4-5-25(31)30(8-6-23)17-21-2-3-22(27)13-24(21)28/h2-3,13,18-20,23H,4-12,14-17H2,1H3. The van der Waals surface area contributed by atoms with E-state index in [9.17, 15) is 13.6 Å². The number of benzene rings is 1. The molecule has 1 aromatic carbocycles. The van der Waals surface area contributed by atoms with Crippen molar-refractivity contribution in [3.05, 3.63) is 35.4 Å². The van der Waals surface area contributed by atoms with E-state index in [1.54, 1.807) is 4.90 Å². The number of likely N-dealkylation sites (tertiary alicyclic amines) is 1. The number of carbonyl (C=O) groups is 1. The first-order valence-electron chi connectivity index (χ1n) is 12.3. The molecule has 0 N–H and O–H groups in total. The minimum Gasteiger partial charge on any atom is -0.338 e. The van der Waals surface area contributed by atoms with Gasteiger partial charge in [0.25, 0.3) is 0 Å². The Morgan fingerprint density at radius 3 is 2.39 bits per heavy atom. The van der Waals surface area contributed by atoms with Gasteiger partial charge in [-0.2, -0.15) is 0 Å². The second kappa shape index (κ2) is 8.46. The molecular formula is C26H36F2N2O. The quantitative estimate of drug-likeness (QED) is 0.605. The fourth-order valence-electron chi connectivity index (χ4n) is 7.68. The van der Waals surface area contributed by atoms with Crippen LogP contribution in [0.2, 0.25) is 0 Å². The molecule has 6 rings (SSSR count). The molecule has 1 aliphatic heterocycles. The van der Waals surface area contributed by atoms with E-state index in [-0.39, 0.29) is 12.5 Å². The molecule has 4 bridgehead atoms. The first-order valence-corrected chi connectivity index (χ1v) is 12.3. The van der Waals surface area contributed by atoms with E-state index in [0.717, 1.165) is 43.2 Å². The van der Waals surface area contributed by atoms with Crippen LogP contribution in [0.1, 0.15) is 69.8 Å². The summed E-state index contributed by atoms with van der Waals surface area (Å²) < 4.78 is 27.3. The average molecular weight is 431 g/mol. The van der Waals surface area contributed by atoms with Crippen molar-refractivity contribution in [2.75, 3.05) is 20.1 Å². The van der Waals surface area contributed by atoms with Gasteiger partial charge in [0.1, 0.15) is 11.6 Å². The molecule has 1 unspecified atom stereocenters. The predicted octanol–water partition coefficient (Wildman–Crippen LogP) is 5.38. The van der Waals surface area contributed by atoms with Gasteiger partial charge in [0, 0.05) is 37.2 Å². The highest BCUT2D eigenvalue weighted by molar-refractivity contribution is 5.76. The van der Waals surface area contributed by atoms with Gasteiger partial charge < -0.3 is 9.80 Å². The summed E-state index contributed by atoms with van der Waals surface area (Å²) in [6.45, 7) is 1.99. The third-order valence-corrected chi connectivity index (χ3v) is 8.94. The monoisotopic (exact) mass is 430 g/mol. The Bertz CT molecular complexity index is 790. The zero-order valence-electron chi connectivity index (χ0n) is 18.8. The Kier molecular flexibility index (Phi) is 5.83. The highest BCUT2D eigenvalue weighted by Crippen LogP contribution is 2.61. The molecule has 5 fully saturated rings. The van der Waals surface area contributed by atoms with Crippen molar-refractivity contribution < 1.29 is 13.6 Å². The minimum atomic E-state index is -0.579. The van der Waals surface area contributed by atoms with Crippen LogP contribution in [0.3, 0.4) is 0 Å². The number of carbonyl (C=O) groups excluding carboxylic acids is 1. The smallest absolute Gasteiger partial charge is 0.222 e. The maximum Gasteiger partial charge on any atom is 0.222 e. The summed E-state index contributed by atoms with van der Waals surface area (Å²) in [7, 11) is 2.23. The van der Waals surface area contributed by atoms with E-state index in [2.05, 4.69) is 11.9 Å². The lowest BCUT2D eigenvalue weighted by Gasteiger charge is -2.57. The van der Waals surface area contributed by atoms with E-state index in [1.807, 2.05) is 0 Å². The maximum atomic E-state index is 14.1. The SMILES string of the molecule is CN(CCC12CC3CC(CC(C3)C1)C2)C1CCC(=O)N(Cc2ccc(F)cc2F)CC1. The maximum absolute atomic E-state index is 14.1. The molecule has 1 amide bonds. The van der Waals surface area contributed by atoms with Gasteiger partial charge in [0.05, 0.1) is 0 Å². The van der Waals surface area contributed by atoms with Crippen molar-refractivity contribution >= 4 is 5.91 Å². The van der Waals surface area contributed by atoms with Crippen LogP contribution >= 0.6 is 0 Å². The van der Waals surface area contributed by atoms with Crippen LogP contribution in [0.5, 0.6) is 0 Å². The number of nitrogens with zero attached hydrogens (tertiary/aromatic N) is 2. The summed E-state index contributed by atoms with van der Waals surface area (Å²) in [6.07, 6.45) is 12.4. The zero-order chi connectivity index (χ0) is 21.6. The van der Waals surface area contributed by atoms with Crippen LogP contribution in [0.4, 0.5) is 8.78 Å².